The highest BCUT2D eigenvalue weighted by Gasteiger charge is 2.33. The zero-order chi connectivity index (χ0) is 14.0. The molecule has 1 saturated carbocycles. The molecule has 0 bridgehead atoms. The monoisotopic (exact) mass is 284 g/mol. The predicted octanol–water partition coefficient (Wildman–Crippen LogP) is 4.13. The molecule has 2 amide bonds. The Morgan fingerprint density at radius 3 is 2.74 bits per heavy atom. The smallest absolute Gasteiger partial charge is 0.321 e. The predicted molar refractivity (Wildman–Crippen MR) is 75.0 cm³/mol. The number of carbonyl (C=O) groups is 1. The first-order valence-electron chi connectivity index (χ1n) is 6.50. The molecule has 1 aliphatic rings. The number of rotatable bonds is 4. The lowest BCUT2D eigenvalue weighted by Gasteiger charge is -2.25. The van der Waals surface area contributed by atoms with Gasteiger partial charge in [-0.1, -0.05) is 25.4 Å². The summed E-state index contributed by atoms with van der Waals surface area (Å²) in [5.74, 6) is -0.000678. The third-order valence-corrected chi connectivity index (χ3v) is 3.30. The van der Waals surface area contributed by atoms with Crippen molar-refractivity contribution in [2.75, 3.05) is 11.9 Å². The van der Waals surface area contributed by atoms with E-state index in [9.17, 15) is 9.18 Å². The average molecular weight is 285 g/mol. The number of hydrogen-bond donors (Lipinski definition) is 1. The molecule has 1 N–H and O–H groups in total. The van der Waals surface area contributed by atoms with E-state index in [0.29, 0.717) is 17.6 Å². The van der Waals surface area contributed by atoms with Crippen molar-refractivity contribution < 1.29 is 9.18 Å². The fraction of sp³-hybridized carbons (Fsp3) is 0.500. The Bertz CT molecular complexity index is 475. The summed E-state index contributed by atoms with van der Waals surface area (Å²) >= 11 is 5.91. The van der Waals surface area contributed by atoms with Crippen molar-refractivity contribution in [2.24, 2.45) is 5.92 Å². The zero-order valence-corrected chi connectivity index (χ0v) is 11.9. The van der Waals surface area contributed by atoms with E-state index in [1.54, 1.807) is 0 Å². The normalized spacial score (nSPS) is 14.6. The minimum absolute atomic E-state index is 0.162. The summed E-state index contributed by atoms with van der Waals surface area (Å²) in [5.41, 5.74) is 0.447. The van der Waals surface area contributed by atoms with Crippen LogP contribution in [0.1, 0.15) is 26.7 Å². The molecule has 2 rings (SSSR count). The van der Waals surface area contributed by atoms with Gasteiger partial charge in [0.1, 0.15) is 5.82 Å². The number of hydrogen-bond acceptors (Lipinski definition) is 1. The van der Waals surface area contributed by atoms with Gasteiger partial charge < -0.3 is 10.2 Å². The summed E-state index contributed by atoms with van der Waals surface area (Å²) in [7, 11) is 0. The van der Waals surface area contributed by atoms with Gasteiger partial charge in [-0.25, -0.2) is 9.18 Å². The molecule has 0 saturated heterocycles. The van der Waals surface area contributed by atoms with E-state index in [1.165, 1.54) is 18.2 Å². The number of anilines is 1. The number of nitrogens with zero attached hydrogens (tertiary/aromatic N) is 1. The fourth-order valence-corrected chi connectivity index (χ4v) is 2.17. The quantitative estimate of drug-likeness (QED) is 0.886. The maximum Gasteiger partial charge on any atom is 0.322 e. The van der Waals surface area contributed by atoms with Gasteiger partial charge in [0.05, 0.1) is 10.7 Å². The van der Waals surface area contributed by atoms with Crippen LogP contribution in [0.25, 0.3) is 0 Å². The van der Waals surface area contributed by atoms with Crippen LogP contribution in [-0.2, 0) is 0 Å². The number of amides is 2. The fourth-order valence-electron chi connectivity index (χ4n) is 1.96. The summed E-state index contributed by atoms with van der Waals surface area (Å²) in [6, 6.07) is 4.13. The van der Waals surface area contributed by atoms with Crippen molar-refractivity contribution >= 4 is 23.3 Å². The maximum absolute atomic E-state index is 12.9. The van der Waals surface area contributed by atoms with Crippen LogP contribution < -0.4 is 5.32 Å². The highest BCUT2D eigenvalue weighted by molar-refractivity contribution is 6.33. The van der Waals surface area contributed by atoms with Gasteiger partial charge in [0, 0.05) is 12.6 Å². The van der Waals surface area contributed by atoms with Crippen molar-refractivity contribution in [2.45, 2.75) is 32.7 Å². The van der Waals surface area contributed by atoms with Gasteiger partial charge >= 0.3 is 6.03 Å². The lowest BCUT2D eigenvalue weighted by atomic mass is 10.2. The molecular formula is C14H18ClFN2O. The number of halogens is 2. The standard InChI is InChI=1S/C14H18ClFN2O/c1-9(2)8-18(11-4-5-11)14(19)17-13-6-3-10(16)7-12(13)15/h3,6-7,9,11H,4-5,8H2,1-2H3,(H,17,19). The Kier molecular flexibility index (Phi) is 4.30. The Hall–Kier alpha value is -1.29. The Labute approximate surface area is 117 Å². The van der Waals surface area contributed by atoms with Gasteiger partial charge in [-0.05, 0) is 37.0 Å². The van der Waals surface area contributed by atoms with Crippen molar-refractivity contribution in [3.63, 3.8) is 0 Å². The van der Waals surface area contributed by atoms with Crippen LogP contribution in [0.4, 0.5) is 14.9 Å². The third kappa shape index (κ3) is 3.83. The number of carbonyl (C=O) groups excluding carboxylic acids is 1. The van der Waals surface area contributed by atoms with E-state index in [2.05, 4.69) is 19.2 Å². The molecule has 5 heteroatoms. The number of urea groups is 1. The molecule has 0 aliphatic heterocycles. The van der Waals surface area contributed by atoms with Crippen LogP contribution in [0.5, 0.6) is 0 Å². The number of benzene rings is 1. The first-order chi connectivity index (χ1) is 8.97. The molecule has 19 heavy (non-hydrogen) atoms. The van der Waals surface area contributed by atoms with Crippen molar-refractivity contribution in [3.8, 4) is 0 Å². The lowest BCUT2D eigenvalue weighted by molar-refractivity contribution is 0.201. The van der Waals surface area contributed by atoms with Crippen LogP contribution in [0, 0.1) is 11.7 Å². The van der Waals surface area contributed by atoms with Gasteiger partial charge in [0.2, 0.25) is 0 Å². The second kappa shape index (κ2) is 5.78. The van der Waals surface area contributed by atoms with Crippen LogP contribution in [0.15, 0.2) is 18.2 Å². The minimum Gasteiger partial charge on any atom is -0.321 e. The van der Waals surface area contributed by atoms with E-state index in [-0.39, 0.29) is 11.1 Å². The molecule has 1 fully saturated rings. The van der Waals surface area contributed by atoms with Crippen molar-refractivity contribution in [1.29, 1.82) is 0 Å². The maximum atomic E-state index is 12.9. The van der Waals surface area contributed by atoms with E-state index in [1.807, 2.05) is 4.90 Å². The highest BCUT2D eigenvalue weighted by Crippen LogP contribution is 2.29. The minimum atomic E-state index is -0.413. The van der Waals surface area contributed by atoms with Gasteiger partial charge in [-0.2, -0.15) is 0 Å². The van der Waals surface area contributed by atoms with Gasteiger partial charge in [0.15, 0.2) is 0 Å². The van der Waals surface area contributed by atoms with Crippen LogP contribution >= 0.6 is 11.6 Å². The molecule has 1 aliphatic carbocycles. The van der Waals surface area contributed by atoms with Crippen LogP contribution in [-0.4, -0.2) is 23.5 Å². The zero-order valence-electron chi connectivity index (χ0n) is 11.1. The summed E-state index contributed by atoms with van der Waals surface area (Å²) in [6.07, 6.45) is 2.11. The largest absolute Gasteiger partial charge is 0.322 e. The first kappa shape index (κ1) is 14.1. The van der Waals surface area contributed by atoms with Crippen molar-refractivity contribution in [3.05, 3.63) is 29.0 Å². The molecule has 1 aromatic rings. The molecule has 3 nitrogen and oxygen atoms in total. The summed E-state index contributed by atoms with van der Waals surface area (Å²) in [4.78, 5) is 14.1. The molecule has 104 valence electrons. The topological polar surface area (TPSA) is 32.3 Å². The first-order valence-corrected chi connectivity index (χ1v) is 6.88. The molecular weight excluding hydrogens is 267 g/mol. The number of nitrogens with one attached hydrogen (secondary N) is 1. The van der Waals surface area contributed by atoms with E-state index < -0.39 is 5.82 Å². The Balaban J connectivity index is 2.05. The lowest BCUT2D eigenvalue weighted by Crippen LogP contribution is -2.39. The Morgan fingerprint density at radius 1 is 1.53 bits per heavy atom. The molecule has 0 aromatic heterocycles. The molecule has 0 spiro atoms. The molecule has 0 atom stereocenters. The molecule has 0 unspecified atom stereocenters. The van der Waals surface area contributed by atoms with Crippen LogP contribution in [0.2, 0.25) is 5.02 Å². The highest BCUT2D eigenvalue weighted by atomic mass is 35.5. The second-order valence-corrected chi connectivity index (χ2v) is 5.74. The van der Waals surface area contributed by atoms with Crippen molar-refractivity contribution in [1.82, 2.24) is 4.90 Å². The molecule has 1 aromatic carbocycles. The van der Waals surface area contributed by atoms with E-state index >= 15 is 0 Å². The SMILES string of the molecule is CC(C)CN(C(=O)Nc1ccc(F)cc1Cl)C1CC1. The Morgan fingerprint density at radius 2 is 2.21 bits per heavy atom. The summed E-state index contributed by atoms with van der Waals surface area (Å²) < 4.78 is 12.9. The van der Waals surface area contributed by atoms with E-state index in [0.717, 1.165) is 19.4 Å². The average Bonchev–Trinajstić information content (AvgIpc) is 3.13. The summed E-state index contributed by atoms with van der Waals surface area (Å²) in [5, 5.41) is 2.97. The second-order valence-electron chi connectivity index (χ2n) is 5.33. The van der Waals surface area contributed by atoms with Gasteiger partial charge in [-0.15, -0.1) is 0 Å². The third-order valence-electron chi connectivity index (χ3n) is 2.98. The van der Waals surface area contributed by atoms with Crippen LogP contribution in [0.3, 0.4) is 0 Å². The molecule has 0 heterocycles. The van der Waals surface area contributed by atoms with E-state index in [4.69, 9.17) is 11.6 Å². The van der Waals surface area contributed by atoms with Gasteiger partial charge in [0.25, 0.3) is 0 Å². The van der Waals surface area contributed by atoms with Gasteiger partial charge in [-0.3, -0.25) is 0 Å². The molecule has 0 radical (unpaired) electrons. The summed E-state index contributed by atoms with van der Waals surface area (Å²) in [6.45, 7) is 4.87.